The zero-order valence-electron chi connectivity index (χ0n) is 12.1. The van der Waals surface area contributed by atoms with Crippen molar-refractivity contribution in [1.29, 1.82) is 0 Å². The van der Waals surface area contributed by atoms with E-state index in [-0.39, 0.29) is 0 Å². The molecule has 0 spiro atoms. The maximum atomic E-state index is 6.28. The van der Waals surface area contributed by atoms with Crippen LogP contribution in [0.25, 0.3) is 17.0 Å². The van der Waals surface area contributed by atoms with Crippen molar-refractivity contribution in [2.45, 2.75) is 19.8 Å². The third kappa shape index (κ3) is 2.50. The molecule has 0 saturated heterocycles. The summed E-state index contributed by atoms with van der Waals surface area (Å²) >= 11 is 6.28. The van der Waals surface area contributed by atoms with Gasteiger partial charge in [0.1, 0.15) is 5.82 Å². The third-order valence-corrected chi connectivity index (χ3v) is 3.95. The van der Waals surface area contributed by atoms with Crippen LogP contribution in [-0.4, -0.2) is 31.0 Å². The lowest BCUT2D eigenvalue weighted by Crippen LogP contribution is -2.12. The van der Waals surface area contributed by atoms with E-state index in [4.69, 9.17) is 11.6 Å². The smallest absolute Gasteiger partial charge is 0.241 e. The van der Waals surface area contributed by atoms with Gasteiger partial charge in [-0.15, -0.1) is 0 Å². The molecule has 2 heterocycles. The second-order valence-electron chi connectivity index (χ2n) is 5.54. The minimum absolute atomic E-state index is 0.347. The van der Waals surface area contributed by atoms with Crippen LogP contribution in [-0.2, 0) is 0 Å². The van der Waals surface area contributed by atoms with Crippen LogP contribution in [0.15, 0.2) is 24.3 Å². The van der Waals surface area contributed by atoms with E-state index in [9.17, 15) is 0 Å². The summed E-state index contributed by atoms with van der Waals surface area (Å²) in [6.07, 6.45) is 2.56. The molecule has 1 aliphatic carbocycles. The molecule has 4 rings (SSSR count). The summed E-state index contributed by atoms with van der Waals surface area (Å²) < 4.78 is 1.74. The molecule has 1 aliphatic rings. The van der Waals surface area contributed by atoms with Gasteiger partial charge < -0.3 is 5.32 Å². The summed E-state index contributed by atoms with van der Waals surface area (Å²) in [6.45, 7) is 2.75. The van der Waals surface area contributed by atoms with Crippen LogP contribution in [0.2, 0.25) is 5.28 Å². The van der Waals surface area contributed by atoms with E-state index in [1.165, 1.54) is 12.8 Å². The van der Waals surface area contributed by atoms with Gasteiger partial charge in [0.05, 0.1) is 11.0 Å². The summed E-state index contributed by atoms with van der Waals surface area (Å²) in [6, 6.07) is 7.73. The molecule has 1 fully saturated rings. The Morgan fingerprint density at radius 3 is 2.82 bits per heavy atom. The van der Waals surface area contributed by atoms with Crippen LogP contribution >= 0.6 is 11.6 Å². The van der Waals surface area contributed by atoms with E-state index in [0.29, 0.717) is 23.0 Å². The number of benzene rings is 1. The largest absolute Gasteiger partial charge is 0.354 e. The van der Waals surface area contributed by atoms with Gasteiger partial charge >= 0.3 is 0 Å². The van der Waals surface area contributed by atoms with Gasteiger partial charge in [-0.3, -0.25) is 4.57 Å². The third-order valence-electron chi connectivity index (χ3n) is 3.70. The average molecular weight is 315 g/mol. The first-order chi connectivity index (χ1) is 10.7. The van der Waals surface area contributed by atoms with Crippen LogP contribution in [0.1, 0.15) is 18.7 Å². The van der Waals surface area contributed by atoms with E-state index in [1.807, 2.05) is 31.2 Å². The Morgan fingerprint density at radius 2 is 2.00 bits per heavy atom. The van der Waals surface area contributed by atoms with Crippen molar-refractivity contribution in [3.63, 3.8) is 0 Å². The van der Waals surface area contributed by atoms with Crippen molar-refractivity contribution in [3.05, 3.63) is 35.4 Å². The molecule has 2 aromatic heterocycles. The summed E-state index contributed by atoms with van der Waals surface area (Å²) in [7, 11) is 0. The van der Waals surface area contributed by atoms with E-state index >= 15 is 0 Å². The number of nitrogens with zero attached hydrogens (tertiary/aromatic N) is 5. The minimum atomic E-state index is 0.347. The molecule has 0 unspecified atom stereocenters. The van der Waals surface area contributed by atoms with Crippen molar-refractivity contribution in [2.75, 3.05) is 11.9 Å². The predicted octanol–water partition coefficient (Wildman–Crippen LogP) is 2.99. The van der Waals surface area contributed by atoms with Gasteiger partial charge in [-0.05, 0) is 49.4 Å². The Balaban J connectivity index is 1.78. The Morgan fingerprint density at radius 1 is 1.18 bits per heavy atom. The molecule has 0 atom stereocenters. The predicted molar refractivity (Wildman–Crippen MR) is 85.4 cm³/mol. The molecule has 7 heteroatoms. The molecular formula is C15H15ClN6. The van der Waals surface area contributed by atoms with Crippen LogP contribution in [0.3, 0.4) is 0 Å². The number of rotatable bonds is 4. The van der Waals surface area contributed by atoms with Crippen LogP contribution in [0.5, 0.6) is 0 Å². The van der Waals surface area contributed by atoms with Crippen molar-refractivity contribution >= 4 is 28.6 Å². The fraction of sp³-hybridized carbons (Fsp3) is 0.333. The van der Waals surface area contributed by atoms with E-state index in [2.05, 4.69) is 25.3 Å². The molecule has 0 bridgehead atoms. The molecule has 0 amide bonds. The molecule has 112 valence electrons. The van der Waals surface area contributed by atoms with Gasteiger partial charge in [0.15, 0.2) is 0 Å². The van der Waals surface area contributed by atoms with Gasteiger partial charge in [0, 0.05) is 6.54 Å². The monoisotopic (exact) mass is 314 g/mol. The number of halogens is 1. The van der Waals surface area contributed by atoms with E-state index in [0.717, 1.165) is 23.5 Å². The Hall–Kier alpha value is -2.21. The van der Waals surface area contributed by atoms with Crippen molar-refractivity contribution in [3.8, 4) is 5.95 Å². The van der Waals surface area contributed by atoms with Gasteiger partial charge in [-0.25, -0.2) is 4.98 Å². The fourth-order valence-electron chi connectivity index (χ4n) is 2.39. The Kier molecular flexibility index (Phi) is 3.18. The number of fused-ring (bicyclic) bond motifs is 1. The van der Waals surface area contributed by atoms with Gasteiger partial charge in [0.2, 0.25) is 17.2 Å². The lowest BCUT2D eigenvalue weighted by atomic mass is 10.3. The number of imidazole rings is 1. The Labute approximate surface area is 132 Å². The first-order valence-electron chi connectivity index (χ1n) is 7.30. The quantitative estimate of drug-likeness (QED) is 0.801. The molecule has 22 heavy (non-hydrogen) atoms. The average Bonchev–Trinajstić information content (AvgIpc) is 3.25. The van der Waals surface area contributed by atoms with Crippen molar-refractivity contribution in [2.24, 2.45) is 5.92 Å². The van der Waals surface area contributed by atoms with Crippen LogP contribution in [0, 0.1) is 12.8 Å². The number of nitrogens with one attached hydrogen (secondary N) is 1. The second kappa shape index (κ2) is 5.21. The van der Waals surface area contributed by atoms with Crippen molar-refractivity contribution < 1.29 is 0 Å². The van der Waals surface area contributed by atoms with Gasteiger partial charge in [-0.1, -0.05) is 12.1 Å². The summed E-state index contributed by atoms with van der Waals surface area (Å²) in [4.78, 5) is 17.6. The summed E-state index contributed by atoms with van der Waals surface area (Å²) in [5, 5.41) is 3.63. The van der Waals surface area contributed by atoms with E-state index < -0.39 is 0 Å². The highest BCUT2D eigenvalue weighted by Crippen LogP contribution is 2.28. The second-order valence-corrected chi connectivity index (χ2v) is 5.87. The lowest BCUT2D eigenvalue weighted by Gasteiger charge is -2.08. The first-order valence-corrected chi connectivity index (χ1v) is 7.68. The van der Waals surface area contributed by atoms with Crippen LogP contribution in [0.4, 0.5) is 5.95 Å². The van der Waals surface area contributed by atoms with Gasteiger partial charge in [-0.2, -0.15) is 15.0 Å². The normalized spacial score (nSPS) is 14.5. The topological polar surface area (TPSA) is 68.5 Å². The highest BCUT2D eigenvalue weighted by Gasteiger charge is 2.21. The summed E-state index contributed by atoms with van der Waals surface area (Å²) in [5.74, 6) is 2.48. The maximum absolute atomic E-state index is 6.28. The number of aryl methyl sites for hydroxylation is 1. The number of hydrogen-bond donors (Lipinski definition) is 1. The number of hydrogen-bond acceptors (Lipinski definition) is 5. The highest BCUT2D eigenvalue weighted by atomic mass is 35.5. The van der Waals surface area contributed by atoms with Crippen LogP contribution < -0.4 is 5.32 Å². The standard InChI is InChI=1S/C15H15ClN6/c1-9-18-14(17-8-10-6-7-10)21-15(19-9)22-12-5-3-2-4-11(12)20-13(22)16/h2-5,10H,6-8H2,1H3,(H,17,18,19,21). The number of aromatic nitrogens is 5. The first kappa shape index (κ1) is 13.5. The number of para-hydroxylation sites is 2. The molecule has 6 nitrogen and oxygen atoms in total. The molecule has 1 saturated carbocycles. The minimum Gasteiger partial charge on any atom is -0.354 e. The van der Waals surface area contributed by atoms with E-state index in [1.54, 1.807) is 4.57 Å². The molecule has 3 aromatic rings. The lowest BCUT2D eigenvalue weighted by molar-refractivity contribution is 0.840. The SMILES string of the molecule is Cc1nc(NCC2CC2)nc(-n2c(Cl)nc3ccccc32)n1. The molecule has 0 radical (unpaired) electrons. The molecule has 1 aromatic carbocycles. The van der Waals surface area contributed by atoms with Gasteiger partial charge in [0.25, 0.3) is 0 Å². The summed E-state index contributed by atoms with van der Waals surface area (Å²) in [5.41, 5.74) is 1.70. The molecule has 1 N–H and O–H groups in total. The zero-order valence-corrected chi connectivity index (χ0v) is 12.9. The maximum Gasteiger partial charge on any atom is 0.241 e. The van der Waals surface area contributed by atoms with Crippen molar-refractivity contribution in [1.82, 2.24) is 24.5 Å². The highest BCUT2D eigenvalue weighted by molar-refractivity contribution is 6.29. The number of anilines is 1. The molecule has 0 aliphatic heterocycles. The molecular weight excluding hydrogens is 300 g/mol. The zero-order chi connectivity index (χ0) is 15.1. The Bertz CT molecular complexity index is 839. The fourth-order valence-corrected chi connectivity index (χ4v) is 2.65.